The number of carbonyl (C=O) groups is 2. The number of rotatable bonds is 2. The van der Waals surface area contributed by atoms with Crippen LogP contribution in [0.2, 0.25) is 0 Å². The summed E-state index contributed by atoms with van der Waals surface area (Å²) in [5, 5.41) is 18.8. The summed E-state index contributed by atoms with van der Waals surface area (Å²) in [4.78, 5) is 26.0. The first-order valence-electron chi connectivity index (χ1n) is 8.17. The van der Waals surface area contributed by atoms with E-state index in [0.717, 1.165) is 4.90 Å². The van der Waals surface area contributed by atoms with Crippen molar-refractivity contribution in [3.05, 3.63) is 30.3 Å². The summed E-state index contributed by atoms with van der Waals surface area (Å²) < 4.78 is 31.1. The molecule has 0 unspecified atom stereocenters. The van der Waals surface area contributed by atoms with Gasteiger partial charge < -0.3 is 14.9 Å². The van der Waals surface area contributed by atoms with Crippen LogP contribution in [0.5, 0.6) is 0 Å². The molecule has 9 heteroatoms. The van der Waals surface area contributed by atoms with Crippen LogP contribution in [0.25, 0.3) is 0 Å². The minimum atomic E-state index is -4.16. The predicted octanol–water partition coefficient (Wildman–Crippen LogP) is 0.121. The summed E-state index contributed by atoms with van der Waals surface area (Å²) in [6.07, 6.45) is -4.06. The molecule has 2 N–H and O–H groups in total. The van der Waals surface area contributed by atoms with Crippen molar-refractivity contribution in [2.24, 2.45) is 0 Å². The molecule has 2 bridgehead atoms. The summed E-state index contributed by atoms with van der Waals surface area (Å²) in [5.74, 6) is -0.817. The second-order valence-corrected chi connectivity index (χ2v) is 9.55. The molecule has 8 nitrogen and oxygen atoms in total. The number of ether oxygens (including phenoxy) is 1. The SMILES string of the molecule is CC(C)(C)OC(=O)N1[C@@H]2[C@H](O)[C@H](O)[C@H]1C(=O)[C@H]2S(=O)(=O)c1ccccc1. The summed E-state index contributed by atoms with van der Waals surface area (Å²) in [6.45, 7) is 4.86. The van der Waals surface area contributed by atoms with Crippen molar-refractivity contribution < 1.29 is 33.0 Å². The molecular formula is C17H21NO7S. The van der Waals surface area contributed by atoms with Crippen LogP contribution in [0.4, 0.5) is 4.79 Å². The monoisotopic (exact) mass is 383 g/mol. The average Bonchev–Trinajstić information content (AvgIpc) is 2.98. The minimum absolute atomic E-state index is 0.0864. The normalized spacial score (nSPS) is 31.3. The third kappa shape index (κ3) is 2.80. The van der Waals surface area contributed by atoms with Gasteiger partial charge in [-0.1, -0.05) is 18.2 Å². The van der Waals surface area contributed by atoms with Crippen LogP contribution in [-0.4, -0.2) is 70.5 Å². The van der Waals surface area contributed by atoms with Gasteiger partial charge in [0.2, 0.25) is 0 Å². The maximum atomic E-state index is 12.9. The molecule has 0 aromatic heterocycles. The number of nitrogens with zero attached hydrogens (tertiary/aromatic N) is 1. The van der Waals surface area contributed by atoms with Gasteiger partial charge in [0, 0.05) is 0 Å². The molecule has 2 aliphatic heterocycles. The number of hydrogen-bond donors (Lipinski definition) is 2. The Labute approximate surface area is 151 Å². The number of hydrogen-bond acceptors (Lipinski definition) is 7. The molecule has 1 amide bonds. The first-order chi connectivity index (χ1) is 12.0. The number of sulfone groups is 1. The standard InChI is InChI=1S/C17H21NO7S/c1-17(2,3)25-16(22)18-10-12(19)13(20)11(18)15(14(10)21)26(23,24)9-7-5-4-6-8-9/h4-8,10-13,15,19-20H,1-3H3/t10-,11+,12+,13-,15-/m0/s1. The van der Waals surface area contributed by atoms with Gasteiger partial charge >= 0.3 is 6.09 Å². The van der Waals surface area contributed by atoms with Gasteiger partial charge in [0.25, 0.3) is 0 Å². The summed E-state index contributed by atoms with van der Waals surface area (Å²) in [6, 6.07) is 4.50. The van der Waals surface area contributed by atoms with E-state index in [2.05, 4.69) is 0 Å². The Morgan fingerprint density at radius 3 is 2.23 bits per heavy atom. The Bertz CT molecular complexity index is 830. The van der Waals surface area contributed by atoms with Crippen molar-refractivity contribution in [1.29, 1.82) is 0 Å². The number of aliphatic hydroxyl groups excluding tert-OH is 2. The van der Waals surface area contributed by atoms with Gasteiger partial charge in [-0.2, -0.15) is 0 Å². The van der Waals surface area contributed by atoms with Crippen molar-refractivity contribution in [3.8, 4) is 0 Å². The Balaban J connectivity index is 2.03. The second kappa shape index (κ2) is 6.04. The van der Waals surface area contributed by atoms with E-state index in [1.807, 2.05) is 0 Å². The summed E-state index contributed by atoms with van der Waals surface area (Å²) in [5.41, 5.74) is -0.883. The van der Waals surface area contributed by atoms with E-state index < -0.39 is 56.9 Å². The van der Waals surface area contributed by atoms with Gasteiger partial charge in [-0.05, 0) is 32.9 Å². The molecule has 3 rings (SSSR count). The highest BCUT2D eigenvalue weighted by Crippen LogP contribution is 2.41. The van der Waals surface area contributed by atoms with Crippen LogP contribution in [0.15, 0.2) is 35.2 Å². The van der Waals surface area contributed by atoms with Crippen LogP contribution in [-0.2, 0) is 19.4 Å². The first kappa shape index (κ1) is 18.8. The number of benzene rings is 1. The fourth-order valence-corrected chi connectivity index (χ4v) is 5.45. The maximum Gasteiger partial charge on any atom is 0.411 e. The van der Waals surface area contributed by atoms with Crippen molar-refractivity contribution >= 4 is 21.7 Å². The van der Waals surface area contributed by atoms with Gasteiger partial charge in [0.05, 0.1) is 10.9 Å². The molecular weight excluding hydrogens is 362 g/mol. The van der Waals surface area contributed by atoms with Gasteiger partial charge in [0.1, 0.15) is 29.1 Å². The molecule has 5 atom stereocenters. The van der Waals surface area contributed by atoms with Crippen LogP contribution < -0.4 is 0 Å². The van der Waals surface area contributed by atoms with E-state index in [-0.39, 0.29) is 4.90 Å². The van der Waals surface area contributed by atoms with E-state index >= 15 is 0 Å². The van der Waals surface area contributed by atoms with Gasteiger partial charge in [-0.15, -0.1) is 0 Å². The topological polar surface area (TPSA) is 121 Å². The Morgan fingerprint density at radius 2 is 1.69 bits per heavy atom. The van der Waals surface area contributed by atoms with Crippen LogP contribution in [0.1, 0.15) is 20.8 Å². The molecule has 2 heterocycles. The zero-order valence-corrected chi connectivity index (χ0v) is 15.4. The second-order valence-electron chi connectivity index (χ2n) is 7.49. The smallest absolute Gasteiger partial charge is 0.411 e. The number of Topliss-reactive ketones (excluding diaryl/α,β-unsaturated/α-hetero) is 1. The van der Waals surface area contributed by atoms with E-state index in [1.165, 1.54) is 24.3 Å². The maximum absolute atomic E-state index is 12.9. The van der Waals surface area contributed by atoms with Crippen molar-refractivity contribution in [3.63, 3.8) is 0 Å². The Morgan fingerprint density at radius 1 is 1.12 bits per heavy atom. The Hall–Kier alpha value is -1.97. The highest BCUT2D eigenvalue weighted by atomic mass is 32.2. The highest BCUT2D eigenvalue weighted by molar-refractivity contribution is 7.93. The Kier molecular flexibility index (Phi) is 4.37. The lowest BCUT2D eigenvalue weighted by molar-refractivity contribution is -0.125. The van der Waals surface area contributed by atoms with Gasteiger partial charge in [-0.25, -0.2) is 13.2 Å². The van der Waals surface area contributed by atoms with E-state index in [9.17, 15) is 28.2 Å². The largest absolute Gasteiger partial charge is 0.444 e. The molecule has 2 fully saturated rings. The lowest BCUT2D eigenvalue weighted by atomic mass is 9.93. The zero-order chi connectivity index (χ0) is 19.4. The van der Waals surface area contributed by atoms with Crippen molar-refractivity contribution in [1.82, 2.24) is 4.90 Å². The lowest BCUT2D eigenvalue weighted by Gasteiger charge is -2.28. The minimum Gasteiger partial charge on any atom is -0.444 e. The van der Waals surface area contributed by atoms with E-state index in [4.69, 9.17) is 4.74 Å². The third-order valence-electron chi connectivity index (χ3n) is 4.54. The number of carbonyl (C=O) groups excluding carboxylic acids is 2. The number of ketones is 1. The van der Waals surface area contributed by atoms with Crippen LogP contribution in [0, 0.1) is 0 Å². The lowest BCUT2D eigenvalue weighted by Crippen LogP contribution is -2.53. The summed E-state index contributed by atoms with van der Waals surface area (Å²) >= 11 is 0. The number of aliphatic hydroxyl groups is 2. The molecule has 1 aromatic rings. The van der Waals surface area contributed by atoms with Crippen molar-refractivity contribution in [2.45, 2.75) is 60.8 Å². The van der Waals surface area contributed by atoms with Crippen molar-refractivity contribution in [2.75, 3.05) is 0 Å². The van der Waals surface area contributed by atoms with Gasteiger partial charge in [-0.3, -0.25) is 9.69 Å². The van der Waals surface area contributed by atoms with Gasteiger partial charge in [0.15, 0.2) is 15.6 Å². The quantitative estimate of drug-likeness (QED) is 0.744. The molecule has 142 valence electrons. The molecule has 0 spiro atoms. The average molecular weight is 383 g/mol. The zero-order valence-electron chi connectivity index (χ0n) is 14.6. The predicted molar refractivity (Wildman–Crippen MR) is 90.1 cm³/mol. The molecule has 0 saturated carbocycles. The van der Waals surface area contributed by atoms with Crippen LogP contribution in [0.3, 0.4) is 0 Å². The first-order valence-corrected chi connectivity index (χ1v) is 9.71. The molecule has 0 radical (unpaired) electrons. The molecule has 0 aliphatic carbocycles. The molecule has 1 aromatic carbocycles. The third-order valence-corrected chi connectivity index (χ3v) is 6.65. The molecule has 2 saturated heterocycles. The fraction of sp³-hybridized carbons (Fsp3) is 0.529. The fourth-order valence-electron chi connectivity index (χ4n) is 3.51. The molecule has 26 heavy (non-hydrogen) atoms. The van der Waals surface area contributed by atoms with Crippen LogP contribution >= 0.6 is 0 Å². The molecule has 2 aliphatic rings. The van der Waals surface area contributed by atoms with E-state index in [0.29, 0.717) is 0 Å². The van der Waals surface area contributed by atoms with E-state index in [1.54, 1.807) is 26.8 Å². The number of fused-ring (bicyclic) bond motifs is 2. The highest BCUT2D eigenvalue weighted by Gasteiger charge is 2.68. The summed E-state index contributed by atoms with van der Waals surface area (Å²) in [7, 11) is -4.16. The number of amides is 1.